The summed E-state index contributed by atoms with van der Waals surface area (Å²) in [6.45, 7) is 1.41. The lowest BCUT2D eigenvalue weighted by Gasteiger charge is -2.12. The van der Waals surface area contributed by atoms with Crippen LogP contribution in [0.2, 0.25) is 5.02 Å². The molecule has 1 heterocycles. The predicted molar refractivity (Wildman–Crippen MR) is 123 cm³/mol. The molecule has 4 aromatic rings. The van der Waals surface area contributed by atoms with Crippen LogP contribution >= 0.6 is 11.6 Å². The Balaban J connectivity index is 1.52. The highest BCUT2D eigenvalue weighted by atomic mass is 35.5. The summed E-state index contributed by atoms with van der Waals surface area (Å²) in [6.07, 6.45) is 1.52. The Labute approximate surface area is 183 Å². The first kappa shape index (κ1) is 20.3. The van der Waals surface area contributed by atoms with E-state index in [0.29, 0.717) is 22.1 Å². The minimum atomic E-state index is -0.445. The zero-order valence-electron chi connectivity index (χ0n) is 16.5. The number of aromatic nitrogens is 2. The van der Waals surface area contributed by atoms with Crippen LogP contribution in [0.3, 0.4) is 0 Å². The smallest absolute Gasteiger partial charge is 0.323 e. The van der Waals surface area contributed by atoms with Crippen LogP contribution in [-0.4, -0.2) is 21.9 Å². The zero-order valence-corrected chi connectivity index (χ0v) is 17.3. The van der Waals surface area contributed by atoms with Gasteiger partial charge in [-0.15, -0.1) is 0 Å². The van der Waals surface area contributed by atoms with Crippen molar-refractivity contribution >= 4 is 51.5 Å². The molecule has 0 saturated carbocycles. The van der Waals surface area contributed by atoms with E-state index in [1.165, 1.54) is 13.3 Å². The number of rotatable bonds is 4. The zero-order chi connectivity index (χ0) is 21.8. The van der Waals surface area contributed by atoms with E-state index in [9.17, 15) is 9.59 Å². The monoisotopic (exact) mass is 431 g/mol. The summed E-state index contributed by atoms with van der Waals surface area (Å²) in [4.78, 5) is 32.3. The van der Waals surface area contributed by atoms with Gasteiger partial charge in [0.25, 0.3) is 0 Å². The summed E-state index contributed by atoms with van der Waals surface area (Å²) in [6, 6.07) is 19.6. The average molecular weight is 432 g/mol. The highest BCUT2D eigenvalue weighted by Crippen LogP contribution is 2.28. The highest BCUT2D eigenvalue weighted by molar-refractivity contribution is 6.34. The second-order valence-corrected chi connectivity index (χ2v) is 7.18. The van der Waals surface area contributed by atoms with E-state index in [1.807, 2.05) is 42.5 Å². The largest absolute Gasteiger partial charge is 0.326 e. The third-order valence-electron chi connectivity index (χ3n) is 4.47. The van der Waals surface area contributed by atoms with E-state index in [-0.39, 0.29) is 5.91 Å². The predicted octanol–water partition coefficient (Wildman–Crippen LogP) is 5.55. The number of fused-ring (bicyclic) bond motifs is 1. The molecule has 8 heteroatoms. The van der Waals surface area contributed by atoms with Crippen molar-refractivity contribution < 1.29 is 9.59 Å². The van der Waals surface area contributed by atoms with Crippen molar-refractivity contribution in [3.05, 3.63) is 78.1 Å². The van der Waals surface area contributed by atoms with Gasteiger partial charge in [-0.1, -0.05) is 41.9 Å². The number of nitrogens with one attached hydrogen (secondary N) is 3. The van der Waals surface area contributed by atoms with Crippen LogP contribution < -0.4 is 16.0 Å². The first-order chi connectivity index (χ1) is 15.0. The quantitative estimate of drug-likeness (QED) is 0.394. The lowest BCUT2D eigenvalue weighted by Crippen LogP contribution is -2.19. The van der Waals surface area contributed by atoms with Gasteiger partial charge in [0.1, 0.15) is 6.33 Å². The normalized spacial score (nSPS) is 10.5. The Morgan fingerprint density at radius 3 is 2.45 bits per heavy atom. The van der Waals surface area contributed by atoms with Crippen LogP contribution in [0.15, 0.2) is 73.1 Å². The molecule has 0 aliphatic heterocycles. The Kier molecular flexibility index (Phi) is 5.77. The first-order valence-corrected chi connectivity index (χ1v) is 9.83. The molecular formula is C23H18ClN5O2. The molecular weight excluding hydrogens is 414 g/mol. The Bertz CT molecular complexity index is 1290. The number of nitrogens with zero attached hydrogens (tertiary/aromatic N) is 2. The summed E-state index contributed by atoms with van der Waals surface area (Å²) in [5, 5.41) is 9.38. The fourth-order valence-corrected chi connectivity index (χ4v) is 3.39. The van der Waals surface area contributed by atoms with E-state index in [4.69, 9.17) is 11.6 Å². The number of para-hydroxylation sites is 1. The maximum atomic E-state index is 12.5. The van der Waals surface area contributed by atoms with Gasteiger partial charge in [0.15, 0.2) is 0 Å². The van der Waals surface area contributed by atoms with Gasteiger partial charge in [0.2, 0.25) is 5.91 Å². The number of hydrogen-bond acceptors (Lipinski definition) is 4. The van der Waals surface area contributed by atoms with Gasteiger partial charge in [-0.3, -0.25) is 4.79 Å². The summed E-state index contributed by atoms with van der Waals surface area (Å²) in [7, 11) is 0. The van der Waals surface area contributed by atoms with Gasteiger partial charge < -0.3 is 16.0 Å². The molecule has 4 rings (SSSR count). The topological polar surface area (TPSA) is 96.0 Å². The molecule has 3 N–H and O–H groups in total. The van der Waals surface area contributed by atoms with Crippen LogP contribution in [0.1, 0.15) is 6.92 Å². The van der Waals surface area contributed by atoms with Crippen LogP contribution in [-0.2, 0) is 4.79 Å². The van der Waals surface area contributed by atoms with E-state index in [1.54, 1.807) is 24.3 Å². The lowest BCUT2D eigenvalue weighted by molar-refractivity contribution is -0.114. The number of anilines is 3. The molecule has 0 aliphatic carbocycles. The molecule has 0 aliphatic rings. The third kappa shape index (κ3) is 4.79. The summed E-state index contributed by atoms with van der Waals surface area (Å²) >= 11 is 6.21. The van der Waals surface area contributed by atoms with Crippen LogP contribution in [0.4, 0.5) is 21.9 Å². The number of carbonyl (C=O) groups is 2. The van der Waals surface area contributed by atoms with Gasteiger partial charge in [0, 0.05) is 29.2 Å². The standard InChI is InChI=1S/C23H18ClN5O2/c1-14(30)27-17-9-10-21(19(24)12-17)29-23(31)28-16-6-4-5-15(11-16)22-18-7-2-3-8-20(18)25-13-26-22/h2-13H,1H3,(H,27,30)(H2,28,29,31). The Morgan fingerprint density at radius 1 is 0.839 bits per heavy atom. The molecule has 0 spiro atoms. The summed E-state index contributed by atoms with van der Waals surface area (Å²) in [5.41, 5.74) is 4.06. The SMILES string of the molecule is CC(=O)Nc1ccc(NC(=O)Nc2cccc(-c3ncnc4ccccc34)c2)c(Cl)c1. The van der Waals surface area contributed by atoms with E-state index < -0.39 is 6.03 Å². The summed E-state index contributed by atoms with van der Waals surface area (Å²) < 4.78 is 0. The average Bonchev–Trinajstić information content (AvgIpc) is 2.75. The van der Waals surface area contributed by atoms with Crippen LogP contribution in [0.5, 0.6) is 0 Å². The molecule has 0 atom stereocenters. The van der Waals surface area contributed by atoms with Crippen LogP contribution in [0.25, 0.3) is 22.2 Å². The molecule has 0 bridgehead atoms. The third-order valence-corrected chi connectivity index (χ3v) is 4.79. The maximum absolute atomic E-state index is 12.5. The van der Waals surface area contributed by atoms with Crippen molar-refractivity contribution in [1.82, 2.24) is 9.97 Å². The van der Waals surface area contributed by atoms with Crippen molar-refractivity contribution in [2.45, 2.75) is 6.92 Å². The molecule has 1 aromatic heterocycles. The number of amides is 3. The fourth-order valence-electron chi connectivity index (χ4n) is 3.16. The molecule has 0 radical (unpaired) electrons. The molecule has 7 nitrogen and oxygen atoms in total. The minimum Gasteiger partial charge on any atom is -0.326 e. The Morgan fingerprint density at radius 2 is 1.65 bits per heavy atom. The van der Waals surface area contributed by atoms with Crippen molar-refractivity contribution in [2.24, 2.45) is 0 Å². The summed E-state index contributed by atoms with van der Waals surface area (Å²) in [5.74, 6) is -0.203. The van der Waals surface area contributed by atoms with E-state index in [2.05, 4.69) is 25.9 Å². The number of benzene rings is 3. The molecule has 3 aromatic carbocycles. The second-order valence-electron chi connectivity index (χ2n) is 6.78. The van der Waals surface area contributed by atoms with Gasteiger partial charge in [-0.05, 0) is 36.4 Å². The lowest BCUT2D eigenvalue weighted by atomic mass is 10.1. The molecule has 0 unspecified atom stereocenters. The van der Waals surface area contributed by atoms with Crippen molar-refractivity contribution in [3.8, 4) is 11.3 Å². The molecule has 0 saturated heterocycles. The van der Waals surface area contributed by atoms with Gasteiger partial charge in [0.05, 0.1) is 21.9 Å². The number of carbonyl (C=O) groups excluding carboxylic acids is 2. The van der Waals surface area contributed by atoms with Crippen molar-refractivity contribution in [2.75, 3.05) is 16.0 Å². The highest BCUT2D eigenvalue weighted by Gasteiger charge is 2.10. The molecule has 3 amide bonds. The van der Waals surface area contributed by atoms with Gasteiger partial charge >= 0.3 is 6.03 Å². The molecule has 154 valence electrons. The number of urea groups is 1. The second kappa shape index (κ2) is 8.81. The van der Waals surface area contributed by atoms with E-state index in [0.717, 1.165) is 22.2 Å². The van der Waals surface area contributed by atoms with Gasteiger partial charge in [-0.2, -0.15) is 0 Å². The van der Waals surface area contributed by atoms with Gasteiger partial charge in [-0.25, -0.2) is 14.8 Å². The molecule has 31 heavy (non-hydrogen) atoms. The molecule has 0 fully saturated rings. The van der Waals surface area contributed by atoms with Crippen LogP contribution in [0, 0.1) is 0 Å². The number of halogens is 1. The van der Waals surface area contributed by atoms with Crippen molar-refractivity contribution in [3.63, 3.8) is 0 Å². The van der Waals surface area contributed by atoms with Crippen molar-refractivity contribution in [1.29, 1.82) is 0 Å². The maximum Gasteiger partial charge on any atom is 0.323 e. The fraction of sp³-hybridized carbons (Fsp3) is 0.0435. The Hall–Kier alpha value is -3.97. The number of hydrogen-bond donors (Lipinski definition) is 3. The van der Waals surface area contributed by atoms with E-state index >= 15 is 0 Å². The minimum absolute atomic E-state index is 0.203. The first-order valence-electron chi connectivity index (χ1n) is 9.45.